The lowest BCUT2D eigenvalue weighted by Crippen LogP contribution is -2.54. The van der Waals surface area contributed by atoms with Crippen LogP contribution in [0, 0.1) is 5.82 Å². The van der Waals surface area contributed by atoms with Gasteiger partial charge in [0.2, 0.25) is 11.8 Å². The van der Waals surface area contributed by atoms with Crippen molar-refractivity contribution >= 4 is 39.1 Å². The number of fused-ring (bicyclic) bond motifs is 1. The third-order valence-corrected chi connectivity index (χ3v) is 10.3. The molecule has 2 aliphatic rings. The summed E-state index contributed by atoms with van der Waals surface area (Å²) in [4.78, 5) is 29.2. The lowest BCUT2D eigenvalue weighted by Gasteiger charge is -2.34. The molecule has 0 saturated heterocycles. The monoisotopic (exact) mass is 657 g/mol. The van der Waals surface area contributed by atoms with Crippen LogP contribution in [0.5, 0.6) is 11.5 Å². The smallest absolute Gasteiger partial charge is 0.264 e. The van der Waals surface area contributed by atoms with E-state index in [2.05, 4.69) is 5.32 Å². The van der Waals surface area contributed by atoms with Crippen LogP contribution >= 0.6 is 11.6 Å². The maximum absolute atomic E-state index is 14.3. The van der Waals surface area contributed by atoms with Crippen molar-refractivity contribution in [2.75, 3.05) is 24.1 Å². The minimum Gasteiger partial charge on any atom is -0.486 e. The zero-order chi connectivity index (χ0) is 32.0. The lowest BCUT2D eigenvalue weighted by atomic mass is 9.95. The van der Waals surface area contributed by atoms with E-state index in [1.54, 1.807) is 24.3 Å². The van der Waals surface area contributed by atoms with E-state index in [1.807, 2.05) is 6.92 Å². The average molecular weight is 658 g/mol. The molecule has 0 radical (unpaired) electrons. The Morgan fingerprint density at radius 1 is 0.978 bits per heavy atom. The Balaban J connectivity index is 1.50. The zero-order valence-electron chi connectivity index (χ0n) is 25.1. The van der Waals surface area contributed by atoms with Crippen LogP contribution in [0.3, 0.4) is 0 Å². The Bertz CT molecular complexity index is 1610. The molecular weight excluding hydrogens is 621 g/mol. The van der Waals surface area contributed by atoms with Gasteiger partial charge < -0.3 is 19.7 Å². The predicted octanol–water partition coefficient (Wildman–Crippen LogP) is 5.70. The first kappa shape index (κ1) is 32.6. The summed E-state index contributed by atoms with van der Waals surface area (Å²) in [6.45, 7) is 1.73. The number of hydrogen-bond donors (Lipinski definition) is 1. The van der Waals surface area contributed by atoms with Gasteiger partial charge in [-0.15, -0.1) is 0 Å². The molecule has 1 aliphatic carbocycles. The standard InChI is InChI=1S/C33H37ClFN3O6S/c1-2-29(33(40)36-25-9-4-3-5-10-25)37(21-23-8-6-7-11-28(23)34)32(39)22-38(26-14-12-24(35)13-15-26)45(41,42)27-16-17-30-31(20-27)44-19-18-43-30/h6-8,11-17,20,25,29H,2-5,9-10,18-19,21-22H2,1H3,(H,36,40). The molecule has 1 heterocycles. The summed E-state index contributed by atoms with van der Waals surface area (Å²) in [5, 5.41) is 3.53. The molecule has 3 aromatic rings. The van der Waals surface area contributed by atoms with Crippen molar-refractivity contribution in [1.82, 2.24) is 10.2 Å². The van der Waals surface area contributed by atoms with Crippen LogP contribution in [-0.4, -0.2) is 57.0 Å². The summed E-state index contributed by atoms with van der Waals surface area (Å²) in [5.41, 5.74) is 0.691. The summed E-state index contributed by atoms with van der Waals surface area (Å²) >= 11 is 6.48. The number of anilines is 1. The van der Waals surface area contributed by atoms with Crippen LogP contribution in [0.15, 0.2) is 71.6 Å². The zero-order valence-corrected chi connectivity index (χ0v) is 26.7. The number of ether oxygens (including phenoxy) is 2. The van der Waals surface area contributed by atoms with E-state index in [0.717, 1.165) is 48.5 Å². The van der Waals surface area contributed by atoms with Gasteiger partial charge in [0.05, 0.1) is 10.6 Å². The van der Waals surface area contributed by atoms with Crippen LogP contribution in [0.2, 0.25) is 5.02 Å². The number of sulfonamides is 1. The lowest BCUT2D eigenvalue weighted by molar-refractivity contribution is -0.140. The van der Waals surface area contributed by atoms with Crippen molar-refractivity contribution in [1.29, 1.82) is 0 Å². The second-order valence-corrected chi connectivity index (χ2v) is 13.4. The molecule has 1 unspecified atom stereocenters. The molecule has 12 heteroatoms. The molecule has 0 spiro atoms. The van der Waals surface area contributed by atoms with Gasteiger partial charge in [0, 0.05) is 23.7 Å². The van der Waals surface area contributed by atoms with E-state index < -0.39 is 34.3 Å². The Labute approximate surface area is 268 Å². The Morgan fingerprint density at radius 3 is 2.36 bits per heavy atom. The number of hydrogen-bond acceptors (Lipinski definition) is 6. The Morgan fingerprint density at radius 2 is 1.67 bits per heavy atom. The molecule has 1 aliphatic heterocycles. The van der Waals surface area contributed by atoms with Crippen molar-refractivity contribution in [2.45, 2.75) is 69.0 Å². The molecule has 1 fully saturated rings. The Hall–Kier alpha value is -3.83. The van der Waals surface area contributed by atoms with Crippen molar-refractivity contribution in [3.8, 4) is 11.5 Å². The van der Waals surface area contributed by atoms with Crippen LogP contribution in [-0.2, 0) is 26.2 Å². The number of carbonyl (C=O) groups excluding carboxylic acids is 2. The number of carbonyl (C=O) groups is 2. The van der Waals surface area contributed by atoms with Crippen molar-refractivity contribution < 1.29 is 31.9 Å². The first-order valence-corrected chi connectivity index (χ1v) is 17.0. The van der Waals surface area contributed by atoms with Gasteiger partial charge in [-0.2, -0.15) is 0 Å². The molecular formula is C33H37ClFN3O6S. The number of nitrogens with one attached hydrogen (secondary N) is 1. The van der Waals surface area contributed by atoms with Gasteiger partial charge in [-0.25, -0.2) is 12.8 Å². The topological polar surface area (TPSA) is 105 Å². The van der Waals surface area contributed by atoms with E-state index in [-0.39, 0.29) is 41.4 Å². The molecule has 9 nitrogen and oxygen atoms in total. The Kier molecular flexibility index (Phi) is 10.5. The second-order valence-electron chi connectivity index (χ2n) is 11.2. The molecule has 45 heavy (non-hydrogen) atoms. The van der Waals surface area contributed by atoms with Gasteiger partial charge in [-0.05, 0) is 67.3 Å². The maximum Gasteiger partial charge on any atom is 0.264 e. The van der Waals surface area contributed by atoms with Crippen molar-refractivity contribution in [3.63, 3.8) is 0 Å². The van der Waals surface area contributed by atoms with Gasteiger partial charge in [-0.3, -0.25) is 13.9 Å². The van der Waals surface area contributed by atoms with E-state index in [9.17, 15) is 22.4 Å². The van der Waals surface area contributed by atoms with E-state index in [4.69, 9.17) is 21.1 Å². The number of amides is 2. The fraction of sp³-hybridized carbons (Fsp3) is 0.394. The number of rotatable bonds is 11. The number of halogens is 2. The highest BCUT2D eigenvalue weighted by Gasteiger charge is 2.35. The minimum absolute atomic E-state index is 0.0174. The molecule has 0 bridgehead atoms. The molecule has 2 amide bonds. The summed E-state index contributed by atoms with van der Waals surface area (Å²) in [6, 6.07) is 15.2. The summed E-state index contributed by atoms with van der Waals surface area (Å²) in [6.07, 6.45) is 5.19. The predicted molar refractivity (Wildman–Crippen MR) is 169 cm³/mol. The maximum atomic E-state index is 14.3. The first-order valence-electron chi connectivity index (χ1n) is 15.2. The van der Waals surface area contributed by atoms with Crippen molar-refractivity contribution in [2.24, 2.45) is 0 Å². The molecule has 1 atom stereocenters. The van der Waals surface area contributed by atoms with Crippen molar-refractivity contribution in [3.05, 3.63) is 83.1 Å². The summed E-state index contributed by atoms with van der Waals surface area (Å²) < 4.78 is 54.3. The number of nitrogens with zero attached hydrogens (tertiary/aromatic N) is 2. The SMILES string of the molecule is CCC(C(=O)NC1CCCCC1)N(Cc1ccccc1Cl)C(=O)CN(c1ccc(F)cc1)S(=O)(=O)c1ccc2c(c1)OCCO2. The van der Waals surface area contributed by atoms with Gasteiger partial charge in [0.15, 0.2) is 11.5 Å². The molecule has 1 saturated carbocycles. The quantitative estimate of drug-likeness (QED) is 0.284. The summed E-state index contributed by atoms with van der Waals surface area (Å²) in [5.74, 6) is -0.810. The van der Waals surface area contributed by atoms with Gasteiger partial charge in [0.1, 0.15) is 31.6 Å². The molecule has 0 aromatic heterocycles. The fourth-order valence-electron chi connectivity index (χ4n) is 5.72. The summed E-state index contributed by atoms with van der Waals surface area (Å²) in [7, 11) is -4.38. The highest BCUT2D eigenvalue weighted by atomic mass is 35.5. The van der Waals surface area contributed by atoms with Gasteiger partial charge in [-0.1, -0.05) is 56.0 Å². The average Bonchev–Trinajstić information content (AvgIpc) is 3.05. The third-order valence-electron chi connectivity index (χ3n) is 8.13. The minimum atomic E-state index is -4.38. The van der Waals surface area contributed by atoms with Crippen LogP contribution in [0.25, 0.3) is 0 Å². The van der Waals surface area contributed by atoms with Crippen LogP contribution in [0.4, 0.5) is 10.1 Å². The van der Waals surface area contributed by atoms with E-state index in [0.29, 0.717) is 29.4 Å². The molecule has 240 valence electrons. The van der Waals surface area contributed by atoms with Gasteiger partial charge >= 0.3 is 0 Å². The van der Waals surface area contributed by atoms with E-state index in [1.165, 1.54) is 35.2 Å². The first-order chi connectivity index (χ1) is 21.7. The molecule has 3 aromatic carbocycles. The number of benzene rings is 3. The van der Waals surface area contributed by atoms with Crippen LogP contribution < -0.4 is 19.1 Å². The fourth-order valence-corrected chi connectivity index (χ4v) is 7.35. The highest BCUT2D eigenvalue weighted by Crippen LogP contribution is 2.34. The normalized spacial score (nSPS) is 15.6. The third kappa shape index (κ3) is 7.70. The van der Waals surface area contributed by atoms with Gasteiger partial charge in [0.25, 0.3) is 10.0 Å². The molecule has 5 rings (SSSR count). The molecule has 1 N–H and O–H groups in total. The second kappa shape index (κ2) is 14.5. The van der Waals surface area contributed by atoms with E-state index >= 15 is 0 Å². The largest absolute Gasteiger partial charge is 0.486 e. The highest BCUT2D eigenvalue weighted by molar-refractivity contribution is 7.92. The van der Waals surface area contributed by atoms with Crippen LogP contribution in [0.1, 0.15) is 51.0 Å².